The van der Waals surface area contributed by atoms with Crippen molar-refractivity contribution >= 4 is 24.1 Å². The molecule has 1 aliphatic rings. The van der Waals surface area contributed by atoms with E-state index in [0.29, 0.717) is 25.7 Å². The van der Waals surface area contributed by atoms with Gasteiger partial charge in [-0.15, -0.1) is 4.79 Å². The highest BCUT2D eigenvalue weighted by molar-refractivity contribution is 8.31. The van der Waals surface area contributed by atoms with Gasteiger partial charge in [0.25, 0.3) is 19.7 Å². The molecule has 1 aromatic rings. The molecule has 0 heterocycles. The summed E-state index contributed by atoms with van der Waals surface area (Å²) in [6.45, 7) is 0. The molecule has 0 bridgehead atoms. The molecular weight excluding hydrogens is 331 g/mol. The van der Waals surface area contributed by atoms with Crippen LogP contribution in [0.15, 0.2) is 29.2 Å². The third-order valence-corrected chi connectivity index (χ3v) is 8.40. The minimum atomic E-state index is -4.75. The Kier molecular flexibility index (Phi) is 4.79. The summed E-state index contributed by atoms with van der Waals surface area (Å²) in [4.78, 5) is 1.68. The number of hydrogen-bond donors (Lipinski definition) is 0. The summed E-state index contributed by atoms with van der Waals surface area (Å²) in [6.07, 6.45) is 2.78. The normalized spacial score (nSPS) is 17.0. The molecule has 0 aromatic heterocycles. The molecular formula is C13H15FN2O4S2. The van der Waals surface area contributed by atoms with Crippen LogP contribution in [0.2, 0.25) is 0 Å². The summed E-state index contributed by atoms with van der Waals surface area (Å²) >= 11 is 0. The summed E-state index contributed by atoms with van der Waals surface area (Å²) in [7, 11) is -9.10. The molecule has 1 fully saturated rings. The van der Waals surface area contributed by atoms with Gasteiger partial charge in [0, 0.05) is 0 Å². The van der Waals surface area contributed by atoms with Crippen LogP contribution in [0.3, 0.4) is 0 Å². The Morgan fingerprint density at radius 2 is 1.68 bits per heavy atom. The molecule has 0 saturated heterocycles. The highest BCUT2D eigenvalue weighted by Crippen LogP contribution is 2.27. The van der Waals surface area contributed by atoms with E-state index in [1.54, 1.807) is 0 Å². The van der Waals surface area contributed by atoms with E-state index in [2.05, 4.69) is 4.79 Å². The molecule has 0 unspecified atom stereocenters. The highest BCUT2D eigenvalue weighted by Gasteiger charge is 2.48. The van der Waals surface area contributed by atoms with Gasteiger partial charge >= 0.3 is 4.38 Å². The van der Waals surface area contributed by atoms with Gasteiger partial charge in [0.1, 0.15) is 10.7 Å². The van der Waals surface area contributed by atoms with Gasteiger partial charge in [0.05, 0.1) is 5.25 Å². The van der Waals surface area contributed by atoms with Crippen LogP contribution < -0.4 is 0 Å². The summed E-state index contributed by atoms with van der Waals surface area (Å²) in [5.74, 6) is -1.09. The summed E-state index contributed by atoms with van der Waals surface area (Å²) in [5, 5.41) is -0.923. The third-order valence-electron chi connectivity index (χ3n) is 3.67. The van der Waals surface area contributed by atoms with Crippen LogP contribution in [0, 0.1) is 5.82 Å². The van der Waals surface area contributed by atoms with Gasteiger partial charge in [-0.2, -0.15) is 0 Å². The molecule has 0 N–H and O–H groups in total. The number of nitrogens with zero attached hydrogens (tertiary/aromatic N) is 2. The van der Waals surface area contributed by atoms with Gasteiger partial charge in [0.15, 0.2) is 0 Å². The van der Waals surface area contributed by atoms with Crippen LogP contribution in [0.25, 0.3) is 5.53 Å². The number of hydrogen-bond acceptors (Lipinski definition) is 4. The standard InChI is InChI=1S/C13H15FN2O4S2/c14-11-8-4-5-9-12(11)22(19,20)13(16-15)21(17,18)10-6-2-1-3-7-10/h4-5,8-10H,1-3,6-7H2. The van der Waals surface area contributed by atoms with Gasteiger partial charge in [-0.1, -0.05) is 31.4 Å². The second-order valence-electron chi connectivity index (χ2n) is 5.10. The average Bonchev–Trinajstić information content (AvgIpc) is 2.48. The van der Waals surface area contributed by atoms with Gasteiger partial charge in [-0.25, -0.2) is 21.2 Å². The smallest absolute Gasteiger partial charge is 0.359 e. The van der Waals surface area contributed by atoms with Crippen LogP contribution >= 0.6 is 0 Å². The van der Waals surface area contributed by atoms with Crippen LogP contribution in [-0.4, -0.2) is 31.3 Å². The molecule has 0 spiro atoms. The van der Waals surface area contributed by atoms with Gasteiger partial charge in [-0.3, -0.25) is 0 Å². The van der Waals surface area contributed by atoms with Crippen molar-refractivity contribution < 1.29 is 26.0 Å². The summed E-state index contributed by atoms with van der Waals surface area (Å²) in [5.41, 5.74) is 8.99. The molecule has 1 aromatic carbocycles. The van der Waals surface area contributed by atoms with Crippen LogP contribution in [0.4, 0.5) is 4.39 Å². The monoisotopic (exact) mass is 346 g/mol. The van der Waals surface area contributed by atoms with E-state index >= 15 is 0 Å². The Morgan fingerprint density at radius 1 is 1.09 bits per heavy atom. The topological polar surface area (TPSA) is 105 Å². The summed E-state index contributed by atoms with van der Waals surface area (Å²) in [6, 6.07) is 4.37. The zero-order valence-corrected chi connectivity index (χ0v) is 13.3. The maximum Gasteiger partial charge on any atom is 0.500 e. The van der Waals surface area contributed by atoms with Crippen LogP contribution in [-0.2, 0) is 19.7 Å². The lowest BCUT2D eigenvalue weighted by Crippen LogP contribution is -2.36. The van der Waals surface area contributed by atoms with Crippen molar-refractivity contribution in [3.05, 3.63) is 35.6 Å². The first kappa shape index (κ1) is 16.8. The molecule has 120 valence electrons. The molecule has 2 rings (SSSR count). The quantitative estimate of drug-likeness (QED) is 0.353. The van der Waals surface area contributed by atoms with E-state index in [1.165, 1.54) is 12.1 Å². The SMILES string of the molecule is [N-]=[N+]=C(S(=O)(=O)c1ccccc1F)S(=O)(=O)C1CCCCC1. The van der Waals surface area contributed by atoms with Crippen molar-refractivity contribution in [1.82, 2.24) is 0 Å². The first-order valence-electron chi connectivity index (χ1n) is 6.77. The number of rotatable bonds is 2. The second kappa shape index (κ2) is 6.28. The largest absolute Gasteiger partial charge is 0.500 e. The molecule has 0 amide bonds. The fourth-order valence-corrected chi connectivity index (χ4v) is 6.67. The molecule has 6 nitrogen and oxygen atoms in total. The van der Waals surface area contributed by atoms with Crippen LogP contribution in [0.1, 0.15) is 32.1 Å². The lowest BCUT2D eigenvalue weighted by molar-refractivity contribution is 0.00368. The fraction of sp³-hybridized carbons (Fsp3) is 0.462. The van der Waals surface area contributed by atoms with E-state index in [-0.39, 0.29) is 0 Å². The number of halogens is 1. The van der Waals surface area contributed by atoms with Gasteiger partial charge in [0.2, 0.25) is 0 Å². The summed E-state index contributed by atoms with van der Waals surface area (Å²) < 4.78 is 62.0. The first-order chi connectivity index (χ1) is 10.3. The van der Waals surface area contributed by atoms with Crippen molar-refractivity contribution in [2.75, 3.05) is 0 Å². The Bertz CT molecular complexity index is 821. The number of sulfone groups is 2. The Balaban J connectivity index is 2.53. The zero-order valence-electron chi connectivity index (χ0n) is 11.6. The fourth-order valence-electron chi connectivity index (χ4n) is 2.54. The first-order valence-corrected chi connectivity index (χ1v) is 9.80. The van der Waals surface area contributed by atoms with Crippen molar-refractivity contribution in [2.45, 2.75) is 42.2 Å². The molecule has 0 radical (unpaired) electrons. The van der Waals surface area contributed by atoms with E-state index in [1.807, 2.05) is 0 Å². The average molecular weight is 346 g/mol. The van der Waals surface area contributed by atoms with Crippen LogP contribution in [0.5, 0.6) is 0 Å². The van der Waals surface area contributed by atoms with Crippen molar-refractivity contribution in [2.24, 2.45) is 0 Å². The van der Waals surface area contributed by atoms with E-state index in [0.717, 1.165) is 18.6 Å². The Morgan fingerprint density at radius 3 is 2.23 bits per heavy atom. The lowest BCUT2D eigenvalue weighted by Gasteiger charge is -2.19. The molecule has 0 aliphatic heterocycles. The molecule has 0 atom stereocenters. The lowest BCUT2D eigenvalue weighted by atomic mass is 10.0. The predicted molar refractivity (Wildman–Crippen MR) is 78.0 cm³/mol. The molecule has 22 heavy (non-hydrogen) atoms. The predicted octanol–water partition coefficient (Wildman–Crippen LogP) is 1.93. The van der Waals surface area contributed by atoms with E-state index < -0.39 is 40.0 Å². The molecule has 1 aliphatic carbocycles. The van der Waals surface area contributed by atoms with Crippen molar-refractivity contribution in [3.8, 4) is 0 Å². The maximum atomic E-state index is 13.7. The van der Waals surface area contributed by atoms with Gasteiger partial charge < -0.3 is 5.53 Å². The van der Waals surface area contributed by atoms with Crippen molar-refractivity contribution in [3.63, 3.8) is 0 Å². The molecule has 1 saturated carbocycles. The number of benzene rings is 1. The Labute approximate surface area is 128 Å². The van der Waals surface area contributed by atoms with E-state index in [9.17, 15) is 21.2 Å². The molecule has 9 heteroatoms. The maximum absolute atomic E-state index is 13.7. The minimum absolute atomic E-state index is 0.300. The Hall–Kier alpha value is -1.57. The minimum Gasteiger partial charge on any atom is -0.359 e. The van der Waals surface area contributed by atoms with Crippen molar-refractivity contribution in [1.29, 1.82) is 0 Å². The van der Waals surface area contributed by atoms with E-state index in [4.69, 9.17) is 5.53 Å². The third kappa shape index (κ3) is 2.97. The van der Waals surface area contributed by atoms with Gasteiger partial charge in [-0.05, 0) is 25.0 Å². The zero-order chi connectivity index (χ0) is 16.4. The highest BCUT2D eigenvalue weighted by atomic mass is 32.3. The second-order valence-corrected chi connectivity index (χ2v) is 9.34.